The molecule has 0 saturated heterocycles. The summed E-state index contributed by atoms with van der Waals surface area (Å²) in [5.41, 5.74) is 13.9. The van der Waals surface area contributed by atoms with Crippen molar-refractivity contribution >= 4 is 28.5 Å². The Kier molecular flexibility index (Phi) is 3.67. The molecule has 0 atom stereocenters. The summed E-state index contributed by atoms with van der Waals surface area (Å²) in [6, 6.07) is 6.62. The first kappa shape index (κ1) is 15.9. The van der Waals surface area contributed by atoms with E-state index in [9.17, 15) is 0 Å². The van der Waals surface area contributed by atoms with Crippen molar-refractivity contribution in [1.29, 1.82) is 0 Å². The van der Waals surface area contributed by atoms with Gasteiger partial charge in [-0.05, 0) is 57.7 Å². The van der Waals surface area contributed by atoms with Gasteiger partial charge in [-0.2, -0.15) is 10.1 Å². The minimum absolute atomic E-state index is 0.282. The fraction of sp³-hybridized carbons (Fsp3) is 0.500. The van der Waals surface area contributed by atoms with Crippen LogP contribution >= 0.6 is 0 Å². The van der Waals surface area contributed by atoms with Gasteiger partial charge in [0.25, 0.3) is 0 Å². The monoisotopic (exact) mass is 339 g/mol. The lowest BCUT2D eigenvalue weighted by Crippen LogP contribution is -2.58. The zero-order valence-corrected chi connectivity index (χ0v) is 14.8. The third-order valence-corrected chi connectivity index (χ3v) is 5.18. The third-order valence-electron chi connectivity index (χ3n) is 5.18. The Morgan fingerprint density at radius 3 is 2.60 bits per heavy atom. The summed E-state index contributed by atoms with van der Waals surface area (Å²) in [6.45, 7) is 4.26. The Morgan fingerprint density at radius 2 is 1.88 bits per heavy atom. The Morgan fingerprint density at radius 1 is 1.12 bits per heavy atom. The SMILES string of the molecule is CC(C)n1ncc2cc(N3C(N)=NC(N)=NC34CCCCC4)ccc21. The molecular formula is C18H25N7. The molecule has 2 aliphatic rings. The second kappa shape index (κ2) is 5.75. The fourth-order valence-electron chi connectivity index (χ4n) is 4.09. The molecule has 0 amide bonds. The number of hydrogen-bond donors (Lipinski definition) is 2. The zero-order chi connectivity index (χ0) is 17.6. The van der Waals surface area contributed by atoms with Crippen LogP contribution in [0.15, 0.2) is 34.4 Å². The van der Waals surface area contributed by atoms with Crippen LogP contribution in [0.3, 0.4) is 0 Å². The smallest absolute Gasteiger partial charge is 0.220 e. The first-order chi connectivity index (χ1) is 12.0. The lowest BCUT2D eigenvalue weighted by atomic mass is 9.87. The minimum Gasteiger partial charge on any atom is -0.369 e. The number of fused-ring (bicyclic) bond motifs is 1. The van der Waals surface area contributed by atoms with E-state index in [0.717, 1.165) is 42.3 Å². The number of nitrogens with zero attached hydrogens (tertiary/aromatic N) is 5. The van der Waals surface area contributed by atoms with Crippen molar-refractivity contribution in [3.05, 3.63) is 24.4 Å². The number of aliphatic imine (C=N–C) groups is 2. The van der Waals surface area contributed by atoms with Crippen molar-refractivity contribution in [3.63, 3.8) is 0 Å². The first-order valence-corrected chi connectivity index (χ1v) is 8.97. The minimum atomic E-state index is -0.407. The van der Waals surface area contributed by atoms with E-state index in [-0.39, 0.29) is 5.96 Å². The Balaban J connectivity index is 1.81. The second-order valence-electron chi connectivity index (χ2n) is 7.24. The summed E-state index contributed by atoms with van der Waals surface area (Å²) >= 11 is 0. The second-order valence-corrected chi connectivity index (χ2v) is 7.24. The molecular weight excluding hydrogens is 314 g/mol. The number of benzene rings is 1. The van der Waals surface area contributed by atoms with Crippen LogP contribution in [0.25, 0.3) is 10.9 Å². The number of rotatable bonds is 2. The van der Waals surface area contributed by atoms with Gasteiger partial charge in [0.1, 0.15) is 5.66 Å². The van der Waals surface area contributed by atoms with Crippen LogP contribution < -0.4 is 16.4 Å². The van der Waals surface area contributed by atoms with E-state index in [1.807, 2.05) is 10.9 Å². The van der Waals surface area contributed by atoms with E-state index in [2.05, 4.69) is 47.0 Å². The summed E-state index contributed by atoms with van der Waals surface area (Å²) in [5, 5.41) is 5.60. The van der Waals surface area contributed by atoms with Crippen molar-refractivity contribution < 1.29 is 0 Å². The maximum atomic E-state index is 6.30. The van der Waals surface area contributed by atoms with Crippen LogP contribution in [0.4, 0.5) is 5.69 Å². The lowest BCUT2D eigenvalue weighted by molar-refractivity contribution is 0.305. The fourth-order valence-corrected chi connectivity index (χ4v) is 4.09. The number of anilines is 1. The van der Waals surface area contributed by atoms with Crippen molar-refractivity contribution in [2.24, 2.45) is 21.5 Å². The molecule has 1 fully saturated rings. The molecule has 0 unspecified atom stereocenters. The molecule has 25 heavy (non-hydrogen) atoms. The molecule has 0 radical (unpaired) electrons. The molecule has 1 aromatic carbocycles. The molecule has 2 aromatic rings. The maximum Gasteiger partial charge on any atom is 0.220 e. The summed E-state index contributed by atoms with van der Waals surface area (Å²) in [4.78, 5) is 11.0. The van der Waals surface area contributed by atoms with Gasteiger partial charge in [0.15, 0.2) is 0 Å². The number of hydrogen-bond acceptors (Lipinski definition) is 6. The van der Waals surface area contributed by atoms with Crippen molar-refractivity contribution in [1.82, 2.24) is 9.78 Å². The third kappa shape index (κ3) is 2.54. The Labute approximate surface area is 147 Å². The van der Waals surface area contributed by atoms with Crippen molar-refractivity contribution in [2.75, 3.05) is 4.90 Å². The van der Waals surface area contributed by atoms with Gasteiger partial charge in [-0.3, -0.25) is 9.58 Å². The molecule has 7 nitrogen and oxygen atoms in total. The highest BCUT2D eigenvalue weighted by Gasteiger charge is 2.42. The predicted molar refractivity (Wildman–Crippen MR) is 102 cm³/mol. The average molecular weight is 339 g/mol. The summed E-state index contributed by atoms with van der Waals surface area (Å²) < 4.78 is 2.03. The maximum absolute atomic E-state index is 6.30. The molecule has 1 saturated carbocycles. The van der Waals surface area contributed by atoms with Crippen LogP contribution in [0.1, 0.15) is 52.0 Å². The molecule has 7 heteroatoms. The van der Waals surface area contributed by atoms with Gasteiger partial charge in [0.05, 0.1) is 11.7 Å². The Hall–Kier alpha value is -2.57. The van der Waals surface area contributed by atoms with Crippen LogP contribution in [0.5, 0.6) is 0 Å². The molecule has 1 aliphatic heterocycles. The molecule has 1 aliphatic carbocycles. The highest BCUT2D eigenvalue weighted by Crippen LogP contribution is 2.40. The van der Waals surface area contributed by atoms with Gasteiger partial charge in [-0.25, -0.2) is 4.99 Å². The largest absolute Gasteiger partial charge is 0.369 e. The van der Waals surface area contributed by atoms with Gasteiger partial charge >= 0.3 is 0 Å². The molecule has 132 valence electrons. The van der Waals surface area contributed by atoms with E-state index in [1.165, 1.54) is 6.42 Å². The van der Waals surface area contributed by atoms with E-state index in [0.29, 0.717) is 12.0 Å². The van der Waals surface area contributed by atoms with E-state index in [1.54, 1.807) is 0 Å². The topological polar surface area (TPSA) is 97.8 Å². The van der Waals surface area contributed by atoms with Gasteiger partial charge in [0.2, 0.25) is 11.9 Å². The van der Waals surface area contributed by atoms with Gasteiger partial charge < -0.3 is 11.5 Å². The van der Waals surface area contributed by atoms with Crippen LogP contribution in [-0.4, -0.2) is 27.4 Å². The van der Waals surface area contributed by atoms with Gasteiger partial charge in [-0.15, -0.1) is 0 Å². The van der Waals surface area contributed by atoms with Gasteiger partial charge in [-0.1, -0.05) is 6.42 Å². The molecule has 4 N–H and O–H groups in total. The van der Waals surface area contributed by atoms with E-state index in [4.69, 9.17) is 16.5 Å². The molecule has 2 heterocycles. The van der Waals surface area contributed by atoms with Crippen molar-refractivity contribution in [3.8, 4) is 0 Å². The molecule has 1 spiro atoms. The normalized spacial score (nSPS) is 20.2. The summed E-state index contributed by atoms with van der Waals surface area (Å²) in [5.74, 6) is 0.703. The quantitative estimate of drug-likeness (QED) is 0.879. The summed E-state index contributed by atoms with van der Waals surface area (Å²) in [6.07, 6.45) is 7.24. The number of nitrogens with two attached hydrogens (primary N) is 2. The molecule has 4 rings (SSSR count). The highest BCUT2D eigenvalue weighted by molar-refractivity contribution is 6.06. The average Bonchev–Trinajstić information content (AvgIpc) is 2.98. The lowest BCUT2D eigenvalue weighted by Gasteiger charge is -2.45. The zero-order valence-electron chi connectivity index (χ0n) is 14.8. The molecule has 0 bridgehead atoms. The summed E-state index contributed by atoms with van der Waals surface area (Å²) in [7, 11) is 0. The number of guanidine groups is 2. The van der Waals surface area contributed by atoms with E-state index >= 15 is 0 Å². The predicted octanol–water partition coefficient (Wildman–Crippen LogP) is 2.73. The van der Waals surface area contributed by atoms with Crippen LogP contribution in [0.2, 0.25) is 0 Å². The highest BCUT2D eigenvalue weighted by atomic mass is 15.4. The van der Waals surface area contributed by atoms with Crippen molar-refractivity contribution in [2.45, 2.75) is 57.7 Å². The van der Waals surface area contributed by atoms with Crippen LogP contribution in [-0.2, 0) is 0 Å². The molecule has 1 aromatic heterocycles. The Bertz CT molecular complexity index is 855. The first-order valence-electron chi connectivity index (χ1n) is 8.97. The van der Waals surface area contributed by atoms with Gasteiger partial charge in [0, 0.05) is 17.1 Å². The van der Waals surface area contributed by atoms with E-state index < -0.39 is 5.66 Å². The number of aromatic nitrogens is 2. The standard InChI is InChI=1S/C18H25N7/c1-12(2)25-15-7-6-14(10-13(15)11-21-25)24-17(20)22-16(19)23-18(24)8-4-3-5-9-18/h6-7,10-12H,3-5,8-9H2,1-2H3,(H4,19,20,22,23). The van der Waals surface area contributed by atoms with Crippen LogP contribution in [0, 0.1) is 0 Å².